The number of aromatic nitrogens is 1. The van der Waals surface area contributed by atoms with Gasteiger partial charge in [-0.2, -0.15) is 0 Å². The van der Waals surface area contributed by atoms with Crippen LogP contribution in [0.5, 0.6) is 0 Å². The molecule has 0 aromatic carbocycles. The van der Waals surface area contributed by atoms with E-state index in [-0.39, 0.29) is 0 Å². The predicted octanol–water partition coefficient (Wildman–Crippen LogP) is -0.502. The van der Waals surface area contributed by atoms with E-state index in [0.717, 1.165) is 45.1 Å². The van der Waals surface area contributed by atoms with E-state index < -0.39 is 5.91 Å². The summed E-state index contributed by atoms with van der Waals surface area (Å²) in [4.78, 5) is 17.4. The van der Waals surface area contributed by atoms with E-state index in [0.29, 0.717) is 5.56 Å². The molecule has 1 aromatic rings. The molecule has 1 saturated heterocycles. The highest BCUT2D eigenvalue weighted by atomic mass is 16.1. The third kappa shape index (κ3) is 3.68. The normalized spacial score (nSPS) is 16.4. The molecule has 1 amide bonds. The molecule has 1 aliphatic heterocycles. The number of hydrogen-bond acceptors (Lipinski definition) is 5. The minimum atomic E-state index is -0.449. The van der Waals surface area contributed by atoms with Crippen molar-refractivity contribution in [2.75, 3.05) is 44.6 Å². The zero-order chi connectivity index (χ0) is 12.8. The second-order valence-corrected chi connectivity index (χ2v) is 4.31. The van der Waals surface area contributed by atoms with Crippen molar-refractivity contribution in [1.29, 1.82) is 0 Å². The number of hydrogen-bond donors (Lipinski definition) is 3. The van der Waals surface area contributed by atoms with Crippen LogP contribution in [0.15, 0.2) is 18.3 Å². The summed E-state index contributed by atoms with van der Waals surface area (Å²) < 4.78 is 0. The Labute approximate surface area is 107 Å². The molecular weight excluding hydrogens is 230 g/mol. The van der Waals surface area contributed by atoms with Gasteiger partial charge in [0.1, 0.15) is 5.82 Å². The average Bonchev–Trinajstić information content (AvgIpc) is 2.40. The Balaban J connectivity index is 1.74. The zero-order valence-corrected chi connectivity index (χ0v) is 10.4. The van der Waals surface area contributed by atoms with Gasteiger partial charge in [-0.05, 0) is 12.1 Å². The first-order chi connectivity index (χ1) is 8.75. The molecule has 1 aliphatic rings. The average molecular weight is 249 g/mol. The van der Waals surface area contributed by atoms with Gasteiger partial charge in [0.25, 0.3) is 0 Å². The van der Waals surface area contributed by atoms with Crippen LogP contribution < -0.4 is 16.4 Å². The van der Waals surface area contributed by atoms with Crippen LogP contribution in [0.1, 0.15) is 10.4 Å². The molecule has 0 radical (unpaired) electrons. The van der Waals surface area contributed by atoms with Gasteiger partial charge < -0.3 is 16.4 Å². The first-order valence-electron chi connectivity index (χ1n) is 6.18. The van der Waals surface area contributed by atoms with Gasteiger partial charge >= 0.3 is 0 Å². The number of piperazine rings is 1. The molecule has 6 nitrogen and oxygen atoms in total. The Morgan fingerprint density at radius 2 is 2.22 bits per heavy atom. The van der Waals surface area contributed by atoms with E-state index in [9.17, 15) is 4.79 Å². The summed E-state index contributed by atoms with van der Waals surface area (Å²) in [6.45, 7) is 6.16. The van der Waals surface area contributed by atoms with Gasteiger partial charge in [-0.1, -0.05) is 0 Å². The lowest BCUT2D eigenvalue weighted by Gasteiger charge is -2.27. The SMILES string of the molecule is NC(=O)c1ccc(NCCN2CCNCC2)nc1. The summed E-state index contributed by atoms with van der Waals surface area (Å²) in [5.41, 5.74) is 5.58. The van der Waals surface area contributed by atoms with E-state index in [2.05, 4.69) is 20.5 Å². The maximum Gasteiger partial charge on any atom is 0.250 e. The van der Waals surface area contributed by atoms with Gasteiger partial charge in [-0.15, -0.1) is 0 Å². The molecule has 0 saturated carbocycles. The predicted molar refractivity (Wildman–Crippen MR) is 70.6 cm³/mol. The number of rotatable bonds is 5. The fourth-order valence-electron chi connectivity index (χ4n) is 1.92. The first-order valence-corrected chi connectivity index (χ1v) is 6.18. The molecule has 0 bridgehead atoms. The zero-order valence-electron chi connectivity index (χ0n) is 10.4. The summed E-state index contributed by atoms with van der Waals surface area (Å²) in [5, 5.41) is 6.55. The molecule has 0 aliphatic carbocycles. The van der Waals surface area contributed by atoms with Gasteiger partial charge in [0.15, 0.2) is 0 Å². The number of carbonyl (C=O) groups excluding carboxylic acids is 1. The molecule has 98 valence electrons. The van der Waals surface area contributed by atoms with Gasteiger partial charge in [0.2, 0.25) is 5.91 Å². The molecule has 0 unspecified atom stereocenters. The Kier molecular flexibility index (Phi) is 4.49. The Morgan fingerprint density at radius 3 is 2.83 bits per heavy atom. The van der Waals surface area contributed by atoms with Crippen LogP contribution >= 0.6 is 0 Å². The number of pyridine rings is 1. The van der Waals surface area contributed by atoms with Crippen LogP contribution in [-0.2, 0) is 0 Å². The lowest BCUT2D eigenvalue weighted by molar-refractivity contribution is 0.1000. The molecule has 1 aromatic heterocycles. The molecule has 2 rings (SSSR count). The number of primary amides is 1. The lowest BCUT2D eigenvalue weighted by atomic mass is 10.3. The Morgan fingerprint density at radius 1 is 1.44 bits per heavy atom. The van der Waals surface area contributed by atoms with Crippen molar-refractivity contribution in [3.63, 3.8) is 0 Å². The molecule has 6 heteroatoms. The quantitative estimate of drug-likeness (QED) is 0.655. The van der Waals surface area contributed by atoms with Crippen LogP contribution in [0.2, 0.25) is 0 Å². The van der Waals surface area contributed by atoms with Crippen molar-refractivity contribution in [2.45, 2.75) is 0 Å². The van der Waals surface area contributed by atoms with Crippen molar-refractivity contribution >= 4 is 11.7 Å². The number of nitrogens with one attached hydrogen (secondary N) is 2. The number of amides is 1. The van der Waals surface area contributed by atoms with Crippen molar-refractivity contribution in [3.05, 3.63) is 23.9 Å². The maximum atomic E-state index is 10.9. The summed E-state index contributed by atoms with van der Waals surface area (Å²) in [5.74, 6) is 0.324. The molecule has 0 spiro atoms. The summed E-state index contributed by atoms with van der Waals surface area (Å²) in [6, 6.07) is 3.46. The highest BCUT2D eigenvalue weighted by molar-refractivity contribution is 5.92. The van der Waals surface area contributed by atoms with Gasteiger partial charge in [0.05, 0.1) is 5.56 Å². The van der Waals surface area contributed by atoms with E-state index in [1.807, 2.05) is 0 Å². The van der Waals surface area contributed by atoms with Crippen LogP contribution in [0.25, 0.3) is 0 Å². The van der Waals surface area contributed by atoms with Gasteiger partial charge in [0, 0.05) is 45.5 Å². The van der Waals surface area contributed by atoms with E-state index in [1.54, 1.807) is 12.1 Å². The molecule has 18 heavy (non-hydrogen) atoms. The van der Waals surface area contributed by atoms with Gasteiger partial charge in [-0.3, -0.25) is 9.69 Å². The summed E-state index contributed by atoms with van der Waals surface area (Å²) in [6.07, 6.45) is 1.50. The molecule has 2 heterocycles. The minimum Gasteiger partial charge on any atom is -0.369 e. The summed E-state index contributed by atoms with van der Waals surface area (Å²) >= 11 is 0. The minimum absolute atomic E-state index is 0.433. The third-order valence-corrected chi connectivity index (χ3v) is 2.99. The van der Waals surface area contributed by atoms with Crippen molar-refractivity contribution < 1.29 is 4.79 Å². The summed E-state index contributed by atoms with van der Waals surface area (Å²) in [7, 11) is 0. The topological polar surface area (TPSA) is 83.3 Å². The van der Waals surface area contributed by atoms with Crippen LogP contribution in [-0.4, -0.2) is 55.1 Å². The Bertz CT molecular complexity index is 386. The standard InChI is InChI=1S/C12H19N5O/c13-12(18)10-1-2-11(16-9-10)15-5-8-17-6-3-14-4-7-17/h1-2,9,14H,3-8H2,(H2,13,18)(H,15,16). The van der Waals surface area contributed by atoms with Crippen LogP contribution in [0, 0.1) is 0 Å². The second kappa shape index (κ2) is 6.32. The number of nitrogens with zero attached hydrogens (tertiary/aromatic N) is 2. The largest absolute Gasteiger partial charge is 0.369 e. The van der Waals surface area contributed by atoms with E-state index in [1.165, 1.54) is 6.20 Å². The molecule has 1 fully saturated rings. The molecule has 4 N–H and O–H groups in total. The number of anilines is 1. The van der Waals surface area contributed by atoms with Gasteiger partial charge in [-0.25, -0.2) is 4.98 Å². The first kappa shape index (κ1) is 12.8. The fraction of sp³-hybridized carbons (Fsp3) is 0.500. The number of nitrogens with two attached hydrogens (primary N) is 1. The monoisotopic (exact) mass is 249 g/mol. The maximum absolute atomic E-state index is 10.9. The fourth-order valence-corrected chi connectivity index (χ4v) is 1.92. The highest BCUT2D eigenvalue weighted by Gasteiger charge is 2.08. The highest BCUT2D eigenvalue weighted by Crippen LogP contribution is 2.04. The smallest absolute Gasteiger partial charge is 0.250 e. The van der Waals surface area contributed by atoms with E-state index in [4.69, 9.17) is 5.73 Å². The van der Waals surface area contributed by atoms with Crippen LogP contribution in [0.3, 0.4) is 0 Å². The number of carbonyl (C=O) groups is 1. The lowest BCUT2D eigenvalue weighted by Crippen LogP contribution is -2.45. The van der Waals surface area contributed by atoms with Crippen molar-refractivity contribution in [3.8, 4) is 0 Å². The van der Waals surface area contributed by atoms with Crippen LogP contribution in [0.4, 0.5) is 5.82 Å². The molecule has 0 atom stereocenters. The second-order valence-electron chi connectivity index (χ2n) is 4.31. The van der Waals surface area contributed by atoms with Crippen molar-refractivity contribution in [1.82, 2.24) is 15.2 Å². The van der Waals surface area contributed by atoms with Crippen molar-refractivity contribution in [2.24, 2.45) is 5.73 Å². The van der Waals surface area contributed by atoms with E-state index >= 15 is 0 Å². The third-order valence-electron chi connectivity index (χ3n) is 2.99. The molecular formula is C12H19N5O. The Hall–Kier alpha value is -1.66.